The number of benzene rings is 4. The first-order valence-corrected chi connectivity index (χ1v) is 16.1. The number of carbonyl (C=O) groups excluding carboxylic acids is 2. The van der Waals surface area contributed by atoms with E-state index in [-0.39, 0.29) is 29.7 Å². The summed E-state index contributed by atoms with van der Waals surface area (Å²) in [4.78, 5) is 29.6. The molecule has 44 heavy (non-hydrogen) atoms. The molecule has 8 nitrogen and oxygen atoms in total. The van der Waals surface area contributed by atoms with Crippen LogP contribution < -0.4 is 14.8 Å². The quantitative estimate of drug-likeness (QED) is 0.199. The van der Waals surface area contributed by atoms with Crippen molar-refractivity contribution in [3.63, 3.8) is 0 Å². The summed E-state index contributed by atoms with van der Waals surface area (Å²) in [6.07, 6.45) is 0.908. The van der Waals surface area contributed by atoms with Gasteiger partial charge in [0.15, 0.2) is 0 Å². The van der Waals surface area contributed by atoms with E-state index in [1.165, 1.54) is 0 Å². The van der Waals surface area contributed by atoms with E-state index in [0.29, 0.717) is 25.9 Å². The number of amides is 2. The maximum Gasteiger partial charge on any atom is 0.243 e. The number of hydrogen-bond donors (Lipinski definition) is 2. The van der Waals surface area contributed by atoms with Crippen LogP contribution in [-0.4, -0.2) is 44.8 Å². The molecule has 0 saturated heterocycles. The van der Waals surface area contributed by atoms with Gasteiger partial charge < -0.3 is 15.0 Å². The van der Waals surface area contributed by atoms with Crippen molar-refractivity contribution >= 4 is 21.8 Å². The number of nitrogens with zero attached hydrogens (tertiary/aromatic N) is 1. The number of sulfonamides is 1. The Morgan fingerprint density at radius 2 is 1.36 bits per heavy atom. The maximum absolute atomic E-state index is 13.9. The van der Waals surface area contributed by atoms with E-state index in [4.69, 9.17) is 4.74 Å². The van der Waals surface area contributed by atoms with Crippen LogP contribution >= 0.6 is 0 Å². The minimum absolute atomic E-state index is 0.156. The topological polar surface area (TPSA) is 105 Å². The molecule has 0 bridgehead atoms. The van der Waals surface area contributed by atoms with Gasteiger partial charge in [-0.05, 0) is 52.9 Å². The molecule has 0 aliphatic heterocycles. The third-order valence-electron chi connectivity index (χ3n) is 7.29. The smallest absolute Gasteiger partial charge is 0.243 e. The molecule has 4 aromatic rings. The van der Waals surface area contributed by atoms with E-state index < -0.39 is 16.1 Å². The van der Waals surface area contributed by atoms with Gasteiger partial charge in [-0.15, -0.1) is 0 Å². The van der Waals surface area contributed by atoms with Gasteiger partial charge in [0.2, 0.25) is 21.8 Å². The molecule has 4 rings (SSSR count). The fourth-order valence-corrected chi connectivity index (χ4v) is 5.93. The Balaban J connectivity index is 1.56. The molecule has 0 spiro atoms. The van der Waals surface area contributed by atoms with Crippen molar-refractivity contribution < 1.29 is 22.7 Å². The van der Waals surface area contributed by atoms with Crippen LogP contribution in [0.15, 0.2) is 114 Å². The van der Waals surface area contributed by atoms with Crippen molar-refractivity contribution in [2.24, 2.45) is 0 Å². The third kappa shape index (κ3) is 9.26. The molecule has 0 heterocycles. The highest BCUT2D eigenvalue weighted by atomic mass is 32.2. The zero-order valence-electron chi connectivity index (χ0n) is 25.1. The van der Waals surface area contributed by atoms with Gasteiger partial charge in [0.05, 0.1) is 12.0 Å². The Kier molecular flexibility index (Phi) is 11.7. The van der Waals surface area contributed by atoms with Gasteiger partial charge in [0.25, 0.3) is 0 Å². The van der Waals surface area contributed by atoms with Crippen molar-refractivity contribution in [1.29, 1.82) is 0 Å². The maximum atomic E-state index is 13.9. The molecule has 0 aliphatic carbocycles. The lowest BCUT2D eigenvalue weighted by Crippen LogP contribution is -2.50. The van der Waals surface area contributed by atoms with E-state index in [2.05, 4.69) is 10.0 Å². The zero-order valence-corrected chi connectivity index (χ0v) is 25.9. The van der Waals surface area contributed by atoms with Crippen molar-refractivity contribution in [2.45, 2.75) is 50.2 Å². The molecule has 0 aliphatic rings. The predicted octanol–water partition coefficient (Wildman–Crippen LogP) is 4.88. The van der Waals surface area contributed by atoms with Gasteiger partial charge in [-0.2, -0.15) is 0 Å². The molecule has 0 unspecified atom stereocenters. The number of aryl methyl sites for hydroxylation is 1. The molecule has 0 aromatic heterocycles. The van der Waals surface area contributed by atoms with Crippen LogP contribution in [0.25, 0.3) is 0 Å². The van der Waals surface area contributed by atoms with E-state index in [1.54, 1.807) is 43.2 Å². The summed E-state index contributed by atoms with van der Waals surface area (Å²) in [5, 5.41) is 3.05. The second-order valence-corrected chi connectivity index (χ2v) is 12.2. The molecule has 2 amide bonds. The summed E-state index contributed by atoms with van der Waals surface area (Å²) < 4.78 is 32.4. The molecule has 4 aromatic carbocycles. The van der Waals surface area contributed by atoms with E-state index in [1.807, 2.05) is 84.9 Å². The number of ether oxygens (including phenoxy) is 1. The third-order valence-corrected chi connectivity index (χ3v) is 8.85. The molecule has 9 heteroatoms. The van der Waals surface area contributed by atoms with Gasteiger partial charge in [-0.1, -0.05) is 91.9 Å². The highest BCUT2D eigenvalue weighted by Gasteiger charge is 2.30. The van der Waals surface area contributed by atoms with Crippen LogP contribution in [0.5, 0.6) is 5.75 Å². The first-order chi connectivity index (χ1) is 21.3. The first-order valence-electron chi connectivity index (χ1n) is 14.7. The molecular weight excluding hydrogens is 574 g/mol. The standard InChI is InChI=1S/C35H39N3O5S/c1-3-37-44(41,42)32-21-16-27(17-22-32)18-23-34(39)38(26-30-12-8-5-9-13-30)33(24-28-10-6-4-7-11-28)35(40)36-25-29-14-19-31(43-2)20-15-29/h4-17,19-22,33,37H,3,18,23-26H2,1-2H3,(H,36,40)/t33-/m1/s1. The minimum atomic E-state index is -3.56. The number of nitrogens with one attached hydrogen (secondary N) is 2. The summed E-state index contributed by atoms with van der Waals surface area (Å²) in [6.45, 7) is 2.60. The van der Waals surface area contributed by atoms with Crippen LogP contribution in [0.2, 0.25) is 0 Å². The van der Waals surface area contributed by atoms with Crippen molar-refractivity contribution in [2.75, 3.05) is 13.7 Å². The number of methoxy groups -OCH3 is 1. The van der Waals surface area contributed by atoms with Gasteiger partial charge >= 0.3 is 0 Å². The van der Waals surface area contributed by atoms with E-state index >= 15 is 0 Å². The van der Waals surface area contributed by atoms with Crippen LogP contribution in [0.3, 0.4) is 0 Å². The van der Waals surface area contributed by atoms with Crippen molar-refractivity contribution in [3.8, 4) is 5.75 Å². The summed E-state index contributed by atoms with van der Waals surface area (Å²) in [6, 6.07) is 32.6. The monoisotopic (exact) mass is 613 g/mol. The highest BCUT2D eigenvalue weighted by molar-refractivity contribution is 7.89. The van der Waals surface area contributed by atoms with Gasteiger partial charge in [-0.3, -0.25) is 9.59 Å². The van der Waals surface area contributed by atoms with Crippen LogP contribution in [0.1, 0.15) is 35.6 Å². The lowest BCUT2D eigenvalue weighted by Gasteiger charge is -2.31. The summed E-state index contributed by atoms with van der Waals surface area (Å²) in [5.41, 5.74) is 3.61. The second kappa shape index (κ2) is 15.8. The minimum Gasteiger partial charge on any atom is -0.497 e. The number of hydrogen-bond acceptors (Lipinski definition) is 5. The van der Waals surface area contributed by atoms with Gasteiger partial charge in [-0.25, -0.2) is 13.1 Å². The Labute approximate surface area is 260 Å². The summed E-state index contributed by atoms with van der Waals surface area (Å²) in [5.74, 6) is 0.321. The molecule has 1 atom stereocenters. The molecule has 230 valence electrons. The molecule has 0 fully saturated rings. The fraction of sp³-hybridized carbons (Fsp3) is 0.257. The van der Waals surface area contributed by atoms with Crippen LogP contribution in [0.4, 0.5) is 0 Å². The first kappa shape index (κ1) is 32.4. The fourth-order valence-electron chi connectivity index (χ4n) is 4.89. The average molecular weight is 614 g/mol. The van der Waals surface area contributed by atoms with Crippen LogP contribution in [-0.2, 0) is 45.5 Å². The van der Waals surface area contributed by atoms with Crippen molar-refractivity contribution in [3.05, 3.63) is 131 Å². The number of carbonyl (C=O) groups is 2. The molecule has 0 saturated carbocycles. The SMILES string of the molecule is CCNS(=O)(=O)c1ccc(CCC(=O)N(Cc2ccccc2)[C@H](Cc2ccccc2)C(=O)NCc2ccc(OC)cc2)cc1. The Morgan fingerprint density at radius 3 is 1.95 bits per heavy atom. The van der Waals surface area contributed by atoms with E-state index in [0.717, 1.165) is 28.0 Å². The summed E-state index contributed by atoms with van der Waals surface area (Å²) in [7, 11) is -1.96. The average Bonchev–Trinajstić information content (AvgIpc) is 3.05. The van der Waals surface area contributed by atoms with E-state index in [9.17, 15) is 18.0 Å². The molecule has 0 radical (unpaired) electrons. The highest BCUT2D eigenvalue weighted by Crippen LogP contribution is 2.19. The lowest BCUT2D eigenvalue weighted by atomic mass is 10.0. The van der Waals surface area contributed by atoms with Gasteiger partial charge in [0, 0.05) is 32.5 Å². The molecule has 2 N–H and O–H groups in total. The van der Waals surface area contributed by atoms with Gasteiger partial charge in [0.1, 0.15) is 11.8 Å². The normalized spacial score (nSPS) is 11.9. The largest absolute Gasteiger partial charge is 0.497 e. The predicted molar refractivity (Wildman–Crippen MR) is 171 cm³/mol. The Hall–Kier alpha value is -4.47. The van der Waals surface area contributed by atoms with Crippen molar-refractivity contribution in [1.82, 2.24) is 14.9 Å². The summed E-state index contributed by atoms with van der Waals surface area (Å²) >= 11 is 0. The molecular formula is C35H39N3O5S. The Morgan fingerprint density at radius 1 is 0.773 bits per heavy atom. The number of rotatable bonds is 15. The second-order valence-electron chi connectivity index (χ2n) is 10.4. The Bertz CT molecular complexity index is 1590. The lowest BCUT2D eigenvalue weighted by molar-refractivity contribution is -0.141. The van der Waals surface area contributed by atoms with Crippen LogP contribution in [0, 0.1) is 0 Å². The zero-order chi connectivity index (χ0) is 31.4.